The van der Waals surface area contributed by atoms with Crippen LogP contribution >= 0.6 is 15.9 Å². The summed E-state index contributed by atoms with van der Waals surface area (Å²) in [6, 6.07) is 7.19. The molecule has 1 rings (SSSR count). The number of esters is 1. The van der Waals surface area contributed by atoms with E-state index in [4.69, 9.17) is 4.74 Å². The minimum atomic E-state index is -0.287. The number of carbonyl (C=O) groups is 1. The summed E-state index contributed by atoms with van der Waals surface area (Å²) in [5.74, 6) is -0.287. The van der Waals surface area contributed by atoms with E-state index < -0.39 is 0 Å². The van der Waals surface area contributed by atoms with Crippen molar-refractivity contribution < 1.29 is 9.53 Å². The first kappa shape index (κ1) is 9.26. The van der Waals surface area contributed by atoms with Gasteiger partial charge in [0.2, 0.25) is 0 Å². The van der Waals surface area contributed by atoms with Gasteiger partial charge in [-0.25, -0.2) is 4.79 Å². The van der Waals surface area contributed by atoms with Crippen molar-refractivity contribution in [3.05, 3.63) is 34.3 Å². The minimum absolute atomic E-state index is 0.287. The topological polar surface area (TPSA) is 26.3 Å². The summed E-state index contributed by atoms with van der Waals surface area (Å²) >= 11 is 3.27. The van der Waals surface area contributed by atoms with Gasteiger partial charge in [0.1, 0.15) is 0 Å². The molecule has 0 atom stereocenters. The lowest BCUT2D eigenvalue weighted by atomic mass is 10.2. The smallest absolute Gasteiger partial charge is 0.339 e. The zero-order valence-electron chi connectivity index (χ0n) is 6.71. The Morgan fingerprint density at radius 2 is 2.17 bits per heavy atom. The van der Waals surface area contributed by atoms with E-state index in [1.165, 1.54) is 0 Å². The largest absolute Gasteiger partial charge is 0.462 e. The first-order chi connectivity index (χ1) is 5.75. The van der Waals surface area contributed by atoms with Crippen LogP contribution in [-0.4, -0.2) is 12.6 Å². The van der Waals surface area contributed by atoms with E-state index in [9.17, 15) is 4.79 Å². The maximum absolute atomic E-state index is 11.2. The van der Waals surface area contributed by atoms with E-state index in [2.05, 4.69) is 15.9 Å². The van der Waals surface area contributed by atoms with Gasteiger partial charge in [0.25, 0.3) is 0 Å². The van der Waals surface area contributed by atoms with Crippen LogP contribution in [0.4, 0.5) is 0 Å². The van der Waals surface area contributed by atoms with Gasteiger partial charge in [-0.05, 0) is 35.0 Å². The molecule has 0 N–H and O–H groups in total. The highest BCUT2D eigenvalue weighted by Gasteiger charge is 2.08. The molecule has 0 bridgehead atoms. The van der Waals surface area contributed by atoms with Gasteiger partial charge in [0.05, 0.1) is 12.2 Å². The fourth-order valence-corrected chi connectivity index (χ4v) is 1.28. The van der Waals surface area contributed by atoms with Crippen molar-refractivity contribution in [3.8, 4) is 0 Å². The molecule has 0 spiro atoms. The van der Waals surface area contributed by atoms with Crippen LogP contribution in [0.3, 0.4) is 0 Å². The quantitative estimate of drug-likeness (QED) is 0.728. The highest BCUT2D eigenvalue weighted by Crippen LogP contribution is 2.16. The van der Waals surface area contributed by atoms with E-state index in [0.29, 0.717) is 12.2 Å². The van der Waals surface area contributed by atoms with Crippen LogP contribution in [0, 0.1) is 0 Å². The van der Waals surface area contributed by atoms with Crippen molar-refractivity contribution in [1.82, 2.24) is 0 Å². The number of hydrogen-bond donors (Lipinski definition) is 0. The van der Waals surface area contributed by atoms with E-state index in [0.717, 1.165) is 4.47 Å². The van der Waals surface area contributed by atoms with E-state index >= 15 is 0 Å². The van der Waals surface area contributed by atoms with Crippen LogP contribution in [0.2, 0.25) is 0 Å². The molecule has 0 unspecified atom stereocenters. The Bertz CT molecular complexity index is 284. The van der Waals surface area contributed by atoms with Gasteiger partial charge in [-0.3, -0.25) is 0 Å². The van der Waals surface area contributed by atoms with Crippen LogP contribution < -0.4 is 0 Å². The number of rotatable bonds is 2. The Kier molecular flexibility index (Phi) is 3.29. The molecule has 0 heterocycles. The van der Waals surface area contributed by atoms with Crippen molar-refractivity contribution in [1.29, 1.82) is 0 Å². The molecule has 64 valence electrons. The van der Waals surface area contributed by atoms with Gasteiger partial charge in [-0.15, -0.1) is 0 Å². The van der Waals surface area contributed by atoms with Crippen LogP contribution in [0.5, 0.6) is 0 Å². The van der Waals surface area contributed by atoms with Gasteiger partial charge in [0, 0.05) is 4.47 Å². The molecule has 0 fully saturated rings. The second kappa shape index (κ2) is 4.26. The number of hydrogen-bond acceptors (Lipinski definition) is 2. The Morgan fingerprint density at radius 1 is 1.50 bits per heavy atom. The lowest BCUT2D eigenvalue weighted by Crippen LogP contribution is -2.04. The first-order valence-corrected chi connectivity index (χ1v) is 4.46. The molecule has 12 heavy (non-hydrogen) atoms. The summed E-state index contributed by atoms with van der Waals surface area (Å²) in [5.41, 5.74) is 0.569. The van der Waals surface area contributed by atoms with Crippen LogP contribution in [0.1, 0.15) is 17.3 Å². The van der Waals surface area contributed by atoms with Crippen molar-refractivity contribution >= 4 is 21.9 Å². The normalized spacial score (nSPS) is 9.50. The molecule has 0 radical (unpaired) electrons. The van der Waals surface area contributed by atoms with Crippen molar-refractivity contribution in [2.24, 2.45) is 0 Å². The molecule has 1 aromatic rings. The SMILES string of the molecule is CCOC(=O)c1ccccc1Br. The third kappa shape index (κ3) is 2.08. The molecule has 0 aliphatic carbocycles. The molecular formula is C9H9BrO2. The second-order valence-corrected chi connectivity index (χ2v) is 3.05. The third-order valence-electron chi connectivity index (χ3n) is 1.37. The summed E-state index contributed by atoms with van der Waals surface area (Å²) < 4.78 is 5.61. The molecule has 1 aromatic carbocycles. The lowest BCUT2D eigenvalue weighted by molar-refractivity contribution is 0.0525. The average molecular weight is 229 g/mol. The van der Waals surface area contributed by atoms with E-state index in [-0.39, 0.29) is 5.97 Å². The molecule has 0 saturated heterocycles. The predicted molar refractivity (Wildman–Crippen MR) is 50.1 cm³/mol. The zero-order valence-corrected chi connectivity index (χ0v) is 8.30. The molecule has 0 aromatic heterocycles. The summed E-state index contributed by atoms with van der Waals surface area (Å²) in [4.78, 5) is 11.2. The highest BCUT2D eigenvalue weighted by molar-refractivity contribution is 9.10. The van der Waals surface area contributed by atoms with Gasteiger partial charge >= 0.3 is 5.97 Å². The Hall–Kier alpha value is -0.830. The summed E-state index contributed by atoms with van der Waals surface area (Å²) in [6.07, 6.45) is 0. The van der Waals surface area contributed by atoms with Crippen molar-refractivity contribution in [3.63, 3.8) is 0 Å². The summed E-state index contributed by atoms with van der Waals surface area (Å²) in [5, 5.41) is 0. The molecular weight excluding hydrogens is 220 g/mol. The van der Waals surface area contributed by atoms with Crippen LogP contribution in [0.15, 0.2) is 28.7 Å². The van der Waals surface area contributed by atoms with Crippen LogP contribution in [0.25, 0.3) is 0 Å². The average Bonchev–Trinajstić information content (AvgIpc) is 2.05. The number of carbonyl (C=O) groups excluding carboxylic acids is 1. The van der Waals surface area contributed by atoms with Crippen molar-refractivity contribution in [2.75, 3.05) is 6.61 Å². The van der Waals surface area contributed by atoms with Crippen LogP contribution in [-0.2, 0) is 4.74 Å². The molecule has 0 saturated carbocycles. The molecule has 3 heteroatoms. The first-order valence-electron chi connectivity index (χ1n) is 3.67. The molecule has 0 aliphatic rings. The van der Waals surface area contributed by atoms with Gasteiger partial charge < -0.3 is 4.74 Å². The standard InChI is InChI=1S/C9H9BrO2/c1-2-12-9(11)7-5-3-4-6-8(7)10/h3-6H,2H2,1H3. The maximum atomic E-state index is 11.2. The molecule has 0 amide bonds. The zero-order chi connectivity index (χ0) is 8.97. The highest BCUT2D eigenvalue weighted by atomic mass is 79.9. The van der Waals surface area contributed by atoms with Gasteiger partial charge in [-0.2, -0.15) is 0 Å². The number of ether oxygens (including phenoxy) is 1. The molecule has 0 aliphatic heterocycles. The van der Waals surface area contributed by atoms with Gasteiger partial charge in [-0.1, -0.05) is 12.1 Å². The fraction of sp³-hybridized carbons (Fsp3) is 0.222. The summed E-state index contributed by atoms with van der Waals surface area (Å²) in [6.45, 7) is 2.19. The minimum Gasteiger partial charge on any atom is -0.462 e. The lowest BCUT2D eigenvalue weighted by Gasteiger charge is -2.02. The monoisotopic (exact) mass is 228 g/mol. The fourth-order valence-electron chi connectivity index (χ4n) is 0.836. The second-order valence-electron chi connectivity index (χ2n) is 2.20. The third-order valence-corrected chi connectivity index (χ3v) is 2.06. The summed E-state index contributed by atoms with van der Waals surface area (Å²) in [7, 11) is 0. The Balaban J connectivity index is 2.87. The van der Waals surface area contributed by atoms with E-state index in [1.807, 2.05) is 12.1 Å². The Labute approximate surface area is 79.7 Å². The van der Waals surface area contributed by atoms with Gasteiger partial charge in [0.15, 0.2) is 0 Å². The number of halogens is 1. The molecule has 2 nitrogen and oxygen atoms in total. The predicted octanol–water partition coefficient (Wildman–Crippen LogP) is 2.63. The maximum Gasteiger partial charge on any atom is 0.339 e. The Morgan fingerprint density at radius 3 is 2.75 bits per heavy atom. The number of benzene rings is 1. The van der Waals surface area contributed by atoms with E-state index in [1.54, 1.807) is 19.1 Å². The van der Waals surface area contributed by atoms with Crippen molar-refractivity contribution in [2.45, 2.75) is 6.92 Å².